The second-order valence-electron chi connectivity index (χ2n) is 6.13. The molecule has 4 aromatic rings. The molecular formula is C18H17N7O2. The smallest absolute Gasteiger partial charge is 0.199 e. The minimum atomic E-state index is 0.612. The largest absolute Gasteiger partial charge is 0.472 e. The first kappa shape index (κ1) is 15.8. The van der Waals surface area contributed by atoms with Gasteiger partial charge in [0.25, 0.3) is 0 Å². The third kappa shape index (κ3) is 2.97. The van der Waals surface area contributed by atoms with Gasteiger partial charge in [-0.1, -0.05) is 0 Å². The molecule has 0 atom stereocenters. The molecule has 1 aliphatic rings. The van der Waals surface area contributed by atoms with Crippen molar-refractivity contribution in [1.29, 1.82) is 0 Å². The van der Waals surface area contributed by atoms with E-state index in [-0.39, 0.29) is 0 Å². The average molecular weight is 363 g/mol. The fourth-order valence-electron chi connectivity index (χ4n) is 3.09. The van der Waals surface area contributed by atoms with Crippen LogP contribution in [0.4, 0.5) is 17.3 Å². The van der Waals surface area contributed by atoms with E-state index in [9.17, 15) is 0 Å². The Balaban J connectivity index is 1.42. The molecule has 1 aliphatic heterocycles. The fourth-order valence-corrected chi connectivity index (χ4v) is 3.09. The van der Waals surface area contributed by atoms with Crippen LogP contribution in [0.5, 0.6) is 0 Å². The molecule has 0 radical (unpaired) electrons. The Kier molecular flexibility index (Phi) is 3.91. The van der Waals surface area contributed by atoms with Crippen molar-refractivity contribution >= 4 is 23.0 Å². The monoisotopic (exact) mass is 363 g/mol. The summed E-state index contributed by atoms with van der Waals surface area (Å²) in [5.41, 5.74) is 3.16. The Morgan fingerprint density at radius 3 is 2.70 bits per heavy atom. The first-order valence-electron chi connectivity index (χ1n) is 8.65. The zero-order valence-electron chi connectivity index (χ0n) is 14.4. The van der Waals surface area contributed by atoms with Crippen LogP contribution in [-0.4, -0.2) is 50.9 Å². The van der Waals surface area contributed by atoms with E-state index in [2.05, 4.69) is 30.3 Å². The van der Waals surface area contributed by atoms with Crippen molar-refractivity contribution in [1.82, 2.24) is 24.6 Å². The maximum absolute atomic E-state index is 5.38. The van der Waals surface area contributed by atoms with E-state index in [0.29, 0.717) is 11.5 Å². The number of nitrogens with one attached hydrogen (secondary N) is 1. The molecule has 0 saturated carbocycles. The van der Waals surface area contributed by atoms with Gasteiger partial charge < -0.3 is 19.4 Å². The van der Waals surface area contributed by atoms with Gasteiger partial charge in [-0.2, -0.15) is 5.10 Å². The van der Waals surface area contributed by atoms with Crippen molar-refractivity contribution in [3.63, 3.8) is 0 Å². The van der Waals surface area contributed by atoms with E-state index in [4.69, 9.17) is 9.15 Å². The number of hydrogen-bond acceptors (Lipinski definition) is 8. The number of hydrogen-bond donors (Lipinski definition) is 1. The Labute approximate surface area is 154 Å². The first-order valence-corrected chi connectivity index (χ1v) is 8.65. The van der Waals surface area contributed by atoms with Gasteiger partial charge in [0, 0.05) is 18.7 Å². The molecule has 5 rings (SSSR count). The molecule has 4 aromatic heterocycles. The normalized spacial score (nSPS) is 14.6. The predicted molar refractivity (Wildman–Crippen MR) is 99.0 cm³/mol. The van der Waals surface area contributed by atoms with Gasteiger partial charge in [-0.3, -0.25) is 0 Å². The highest BCUT2D eigenvalue weighted by atomic mass is 16.5. The standard InChI is InChI=1S/C18H17N7O2/c1-2-16(24-4-7-26-8-5-24)19-9-14(1)23-17-18-21-12-22-25(18)15(10-20-17)13-3-6-27-11-13/h1-3,6,9-12H,4-5,7-8H2,(H,20,23). The van der Waals surface area contributed by atoms with Crippen LogP contribution in [0.1, 0.15) is 0 Å². The molecule has 0 unspecified atom stereocenters. The highest BCUT2D eigenvalue weighted by molar-refractivity contribution is 5.73. The SMILES string of the molecule is c1nc2c(Nc3ccc(N4CCOCC4)nc3)ncc(-c3ccoc3)n2n1. The summed E-state index contributed by atoms with van der Waals surface area (Å²) in [5, 5.41) is 7.57. The summed E-state index contributed by atoms with van der Waals surface area (Å²) in [6, 6.07) is 5.84. The van der Waals surface area contributed by atoms with Crippen molar-refractivity contribution in [2.24, 2.45) is 0 Å². The summed E-state index contributed by atoms with van der Waals surface area (Å²) in [6.07, 6.45) is 8.31. The number of pyridine rings is 1. The van der Waals surface area contributed by atoms with Crippen LogP contribution in [0.3, 0.4) is 0 Å². The number of fused-ring (bicyclic) bond motifs is 1. The number of furan rings is 1. The van der Waals surface area contributed by atoms with Gasteiger partial charge in [0.05, 0.1) is 49.5 Å². The number of aromatic nitrogens is 5. The van der Waals surface area contributed by atoms with Crippen molar-refractivity contribution in [2.75, 3.05) is 36.5 Å². The lowest BCUT2D eigenvalue weighted by Gasteiger charge is -2.27. The molecule has 1 fully saturated rings. The molecule has 9 nitrogen and oxygen atoms in total. The van der Waals surface area contributed by atoms with Gasteiger partial charge in [0.15, 0.2) is 11.5 Å². The summed E-state index contributed by atoms with van der Waals surface area (Å²) >= 11 is 0. The maximum Gasteiger partial charge on any atom is 0.199 e. The quantitative estimate of drug-likeness (QED) is 0.591. The molecule has 9 heteroatoms. The third-order valence-corrected chi connectivity index (χ3v) is 4.47. The number of rotatable bonds is 4. The zero-order valence-corrected chi connectivity index (χ0v) is 14.4. The van der Waals surface area contributed by atoms with E-state index >= 15 is 0 Å². The van der Waals surface area contributed by atoms with Crippen molar-refractivity contribution in [2.45, 2.75) is 0 Å². The molecule has 136 valence electrons. The Morgan fingerprint density at radius 1 is 1.00 bits per heavy atom. The van der Waals surface area contributed by atoms with Crippen LogP contribution < -0.4 is 10.2 Å². The van der Waals surface area contributed by atoms with E-state index in [1.54, 1.807) is 29.4 Å². The maximum atomic E-state index is 5.38. The van der Waals surface area contributed by atoms with Crippen LogP contribution in [-0.2, 0) is 4.74 Å². The molecule has 5 heterocycles. The van der Waals surface area contributed by atoms with E-state index in [0.717, 1.165) is 49.1 Å². The van der Waals surface area contributed by atoms with Crippen LogP contribution in [0.15, 0.2) is 53.9 Å². The molecule has 0 aliphatic carbocycles. The Hall–Kier alpha value is -3.46. The van der Waals surface area contributed by atoms with E-state index in [1.807, 2.05) is 18.2 Å². The zero-order chi connectivity index (χ0) is 18.1. The van der Waals surface area contributed by atoms with Crippen LogP contribution in [0.25, 0.3) is 16.9 Å². The average Bonchev–Trinajstić information content (AvgIpc) is 3.42. The van der Waals surface area contributed by atoms with Crippen molar-refractivity contribution in [3.8, 4) is 11.3 Å². The topological polar surface area (TPSA) is 93.6 Å². The van der Waals surface area contributed by atoms with Gasteiger partial charge in [-0.15, -0.1) is 0 Å². The lowest BCUT2D eigenvalue weighted by molar-refractivity contribution is 0.122. The van der Waals surface area contributed by atoms with Crippen molar-refractivity contribution in [3.05, 3.63) is 49.4 Å². The molecule has 0 bridgehead atoms. The minimum Gasteiger partial charge on any atom is -0.472 e. The number of ether oxygens (including phenoxy) is 1. The van der Waals surface area contributed by atoms with Crippen molar-refractivity contribution < 1.29 is 9.15 Å². The molecule has 1 saturated heterocycles. The molecule has 27 heavy (non-hydrogen) atoms. The van der Waals surface area contributed by atoms with Gasteiger partial charge in [0.2, 0.25) is 0 Å². The Bertz CT molecular complexity index is 1040. The first-order chi connectivity index (χ1) is 13.4. The molecular weight excluding hydrogens is 346 g/mol. The summed E-state index contributed by atoms with van der Waals surface area (Å²) in [6.45, 7) is 3.19. The number of anilines is 3. The number of morpholine rings is 1. The third-order valence-electron chi connectivity index (χ3n) is 4.47. The lowest BCUT2D eigenvalue weighted by atomic mass is 10.2. The summed E-state index contributed by atoms with van der Waals surface area (Å²) in [5.74, 6) is 1.56. The molecule has 1 N–H and O–H groups in total. The molecule has 0 spiro atoms. The lowest BCUT2D eigenvalue weighted by Crippen LogP contribution is -2.36. The highest BCUT2D eigenvalue weighted by Crippen LogP contribution is 2.25. The summed E-state index contributed by atoms with van der Waals surface area (Å²) in [7, 11) is 0. The molecule has 0 aromatic carbocycles. The second-order valence-corrected chi connectivity index (χ2v) is 6.13. The summed E-state index contributed by atoms with van der Waals surface area (Å²) < 4.78 is 12.3. The predicted octanol–water partition coefficient (Wildman–Crippen LogP) is 2.36. The minimum absolute atomic E-state index is 0.612. The second kappa shape index (κ2) is 6.69. The van der Waals surface area contributed by atoms with E-state index in [1.165, 1.54) is 6.33 Å². The van der Waals surface area contributed by atoms with Crippen LogP contribution >= 0.6 is 0 Å². The molecule has 0 amide bonds. The Morgan fingerprint density at radius 2 is 1.93 bits per heavy atom. The number of nitrogens with zero attached hydrogens (tertiary/aromatic N) is 6. The van der Waals surface area contributed by atoms with E-state index < -0.39 is 0 Å². The fraction of sp³-hybridized carbons (Fsp3) is 0.222. The van der Waals surface area contributed by atoms with Crippen LogP contribution in [0.2, 0.25) is 0 Å². The highest BCUT2D eigenvalue weighted by Gasteiger charge is 2.14. The van der Waals surface area contributed by atoms with Gasteiger partial charge in [-0.05, 0) is 18.2 Å². The van der Waals surface area contributed by atoms with Crippen LogP contribution in [0, 0.1) is 0 Å². The van der Waals surface area contributed by atoms with Gasteiger partial charge in [0.1, 0.15) is 12.1 Å². The van der Waals surface area contributed by atoms with Gasteiger partial charge >= 0.3 is 0 Å². The summed E-state index contributed by atoms with van der Waals surface area (Å²) in [4.78, 5) is 15.6. The van der Waals surface area contributed by atoms with Gasteiger partial charge in [-0.25, -0.2) is 19.5 Å².